The van der Waals surface area contributed by atoms with Crippen LogP contribution in [-0.2, 0) is 24.0 Å². The third-order valence-corrected chi connectivity index (χ3v) is 7.70. The molecule has 2 aromatic carbocycles. The summed E-state index contributed by atoms with van der Waals surface area (Å²) in [6.45, 7) is 6.16. The van der Waals surface area contributed by atoms with Crippen LogP contribution in [0.15, 0.2) is 60.9 Å². The minimum atomic E-state index is -4.36. The number of benzene rings is 2. The van der Waals surface area contributed by atoms with Crippen LogP contribution in [0, 0.1) is 0 Å². The average Bonchev–Trinajstić information content (AvgIpc) is 3.39. The number of fused-ring (bicyclic) bond motifs is 1. The van der Waals surface area contributed by atoms with Gasteiger partial charge >= 0.3 is 6.18 Å². The maximum Gasteiger partial charge on any atom is 0.416 e. The van der Waals surface area contributed by atoms with Crippen molar-refractivity contribution in [2.45, 2.75) is 38.1 Å². The Morgan fingerprint density at radius 2 is 1.60 bits per heavy atom. The van der Waals surface area contributed by atoms with E-state index in [-0.39, 0.29) is 0 Å². The topological polar surface area (TPSA) is 71.3 Å². The van der Waals surface area contributed by atoms with Crippen molar-refractivity contribution in [3.63, 3.8) is 0 Å². The van der Waals surface area contributed by atoms with Crippen molar-refractivity contribution in [1.29, 1.82) is 0 Å². The maximum absolute atomic E-state index is 13.0. The van der Waals surface area contributed by atoms with Crippen LogP contribution in [0.3, 0.4) is 0 Å². The Morgan fingerprint density at radius 3 is 2.30 bits per heavy atom. The largest absolute Gasteiger partial charge is 0.416 e. The van der Waals surface area contributed by atoms with Crippen LogP contribution < -0.4 is 10.2 Å². The summed E-state index contributed by atoms with van der Waals surface area (Å²) >= 11 is 0. The number of imidazole rings is 1. The molecule has 0 aliphatic carbocycles. The van der Waals surface area contributed by atoms with Crippen molar-refractivity contribution in [2.75, 3.05) is 49.6 Å². The van der Waals surface area contributed by atoms with E-state index in [0.29, 0.717) is 42.1 Å². The number of alkyl halides is 3. The standard InChI is InChI=1S/C29H32F3N7O/c30-29(31,32)23-8-6-22(7-9-23)19-39-20-34-25-26(33-18-21-4-2-1-3-5-21)35-28(36-27(25)39)38-12-10-24(11-13-38)37-14-16-40-17-15-37/h1-9,20,24H,10-19H2,(H,33,35,36). The Kier molecular flexibility index (Phi) is 7.57. The molecule has 0 unspecified atom stereocenters. The lowest BCUT2D eigenvalue weighted by Gasteiger charge is -2.40. The zero-order valence-corrected chi connectivity index (χ0v) is 22.1. The molecule has 4 aromatic rings. The van der Waals surface area contributed by atoms with Crippen LogP contribution >= 0.6 is 0 Å². The number of hydrogen-bond donors (Lipinski definition) is 1. The van der Waals surface area contributed by atoms with Gasteiger partial charge in [0, 0.05) is 38.8 Å². The van der Waals surface area contributed by atoms with Gasteiger partial charge in [-0.1, -0.05) is 42.5 Å². The van der Waals surface area contributed by atoms with Crippen molar-refractivity contribution < 1.29 is 17.9 Å². The minimum Gasteiger partial charge on any atom is -0.379 e. The molecule has 0 atom stereocenters. The highest BCUT2D eigenvalue weighted by atomic mass is 19.4. The molecule has 11 heteroatoms. The van der Waals surface area contributed by atoms with E-state index >= 15 is 0 Å². The van der Waals surface area contributed by atoms with Gasteiger partial charge in [0.15, 0.2) is 17.0 Å². The lowest BCUT2D eigenvalue weighted by molar-refractivity contribution is -0.137. The molecular weight excluding hydrogens is 519 g/mol. The van der Waals surface area contributed by atoms with E-state index in [0.717, 1.165) is 75.5 Å². The number of ether oxygens (including phenoxy) is 1. The van der Waals surface area contributed by atoms with Gasteiger partial charge in [0.25, 0.3) is 0 Å². The quantitative estimate of drug-likeness (QED) is 0.354. The number of aromatic nitrogens is 4. The highest BCUT2D eigenvalue weighted by molar-refractivity contribution is 5.84. The van der Waals surface area contributed by atoms with Gasteiger partial charge < -0.3 is 19.5 Å². The fraction of sp³-hybridized carbons (Fsp3) is 0.414. The zero-order chi connectivity index (χ0) is 27.5. The molecule has 210 valence electrons. The Balaban J connectivity index is 1.26. The lowest BCUT2D eigenvalue weighted by Crippen LogP contribution is -2.49. The van der Waals surface area contributed by atoms with Gasteiger partial charge in [-0.3, -0.25) is 4.90 Å². The first-order chi connectivity index (χ1) is 19.4. The van der Waals surface area contributed by atoms with E-state index in [9.17, 15) is 13.2 Å². The molecule has 0 spiro atoms. The molecule has 0 radical (unpaired) electrons. The first-order valence-corrected chi connectivity index (χ1v) is 13.7. The maximum atomic E-state index is 13.0. The van der Waals surface area contributed by atoms with Gasteiger partial charge in [0.05, 0.1) is 31.6 Å². The average molecular weight is 552 g/mol. The summed E-state index contributed by atoms with van der Waals surface area (Å²) in [6, 6.07) is 15.8. The fourth-order valence-electron chi connectivity index (χ4n) is 5.46. The highest BCUT2D eigenvalue weighted by Crippen LogP contribution is 2.30. The van der Waals surface area contributed by atoms with E-state index in [4.69, 9.17) is 14.7 Å². The molecule has 1 N–H and O–H groups in total. The van der Waals surface area contributed by atoms with Gasteiger partial charge in [-0.15, -0.1) is 0 Å². The highest BCUT2D eigenvalue weighted by Gasteiger charge is 2.30. The number of nitrogens with zero attached hydrogens (tertiary/aromatic N) is 6. The summed E-state index contributed by atoms with van der Waals surface area (Å²) in [4.78, 5) is 19.2. The molecule has 2 saturated heterocycles. The van der Waals surface area contributed by atoms with Crippen molar-refractivity contribution in [2.24, 2.45) is 0 Å². The summed E-state index contributed by atoms with van der Waals surface area (Å²) in [6.07, 6.45) is -0.631. The summed E-state index contributed by atoms with van der Waals surface area (Å²) in [5.74, 6) is 1.28. The van der Waals surface area contributed by atoms with Gasteiger partial charge in [-0.2, -0.15) is 23.1 Å². The smallest absolute Gasteiger partial charge is 0.379 e. The van der Waals surface area contributed by atoms with E-state index in [1.54, 1.807) is 6.33 Å². The second kappa shape index (κ2) is 11.4. The van der Waals surface area contributed by atoms with Gasteiger partial charge in [-0.05, 0) is 36.1 Å². The van der Waals surface area contributed by atoms with E-state index in [2.05, 4.69) is 20.1 Å². The third-order valence-electron chi connectivity index (χ3n) is 7.70. The van der Waals surface area contributed by atoms with Crippen LogP contribution in [0.5, 0.6) is 0 Å². The Labute approximate surface area is 230 Å². The first-order valence-electron chi connectivity index (χ1n) is 13.7. The molecule has 4 heterocycles. The first kappa shape index (κ1) is 26.5. The van der Waals surface area contributed by atoms with Crippen molar-refractivity contribution in [1.82, 2.24) is 24.4 Å². The second-order valence-electron chi connectivity index (χ2n) is 10.3. The minimum absolute atomic E-state index is 0.350. The predicted octanol–water partition coefficient (Wildman–Crippen LogP) is 4.81. The van der Waals surface area contributed by atoms with Crippen LogP contribution in [0.25, 0.3) is 11.2 Å². The molecule has 2 fully saturated rings. The zero-order valence-electron chi connectivity index (χ0n) is 22.1. The molecule has 0 saturated carbocycles. The second-order valence-corrected chi connectivity index (χ2v) is 10.3. The summed E-state index contributed by atoms with van der Waals surface area (Å²) in [7, 11) is 0. The van der Waals surface area contributed by atoms with Crippen LogP contribution in [0.4, 0.5) is 24.9 Å². The number of anilines is 2. The molecule has 0 amide bonds. The molecule has 8 nitrogen and oxygen atoms in total. The monoisotopic (exact) mass is 551 g/mol. The van der Waals surface area contributed by atoms with E-state index < -0.39 is 11.7 Å². The van der Waals surface area contributed by atoms with E-state index in [1.165, 1.54) is 12.1 Å². The Bertz CT molecular complexity index is 1410. The Morgan fingerprint density at radius 1 is 0.875 bits per heavy atom. The molecular formula is C29H32F3N7O. The number of nitrogens with one attached hydrogen (secondary N) is 1. The molecule has 2 aliphatic heterocycles. The number of hydrogen-bond acceptors (Lipinski definition) is 7. The number of halogens is 3. The van der Waals surface area contributed by atoms with E-state index in [1.807, 2.05) is 34.9 Å². The predicted molar refractivity (Wildman–Crippen MR) is 147 cm³/mol. The van der Waals surface area contributed by atoms with Crippen LogP contribution in [0.2, 0.25) is 0 Å². The summed E-state index contributed by atoms with van der Waals surface area (Å²) in [5.41, 5.74) is 2.47. The van der Waals surface area contributed by atoms with Crippen molar-refractivity contribution >= 4 is 22.9 Å². The number of rotatable bonds is 7. The fourth-order valence-corrected chi connectivity index (χ4v) is 5.46. The van der Waals surface area contributed by atoms with Gasteiger partial charge in [-0.25, -0.2) is 4.98 Å². The lowest BCUT2D eigenvalue weighted by atomic mass is 10.0. The third kappa shape index (κ3) is 5.90. The number of piperidine rings is 1. The molecule has 0 bridgehead atoms. The number of morpholine rings is 1. The molecule has 2 aliphatic rings. The molecule has 40 heavy (non-hydrogen) atoms. The van der Waals surface area contributed by atoms with Gasteiger partial charge in [0.2, 0.25) is 5.95 Å². The normalized spacial score (nSPS) is 17.4. The summed E-state index contributed by atoms with van der Waals surface area (Å²) in [5, 5.41) is 3.44. The molecule has 2 aromatic heterocycles. The molecule has 6 rings (SSSR count). The SMILES string of the molecule is FC(F)(F)c1ccc(Cn2cnc3c(NCc4ccccc4)nc(N4CCC(N5CCOCC5)CC4)nc32)cc1. The van der Waals surface area contributed by atoms with Crippen LogP contribution in [-0.4, -0.2) is 69.9 Å². The Hall–Kier alpha value is -3.70. The summed E-state index contributed by atoms with van der Waals surface area (Å²) < 4.78 is 46.5. The van der Waals surface area contributed by atoms with Crippen molar-refractivity contribution in [3.05, 3.63) is 77.6 Å². The van der Waals surface area contributed by atoms with Gasteiger partial charge in [0.1, 0.15) is 0 Å². The van der Waals surface area contributed by atoms with Crippen molar-refractivity contribution in [3.8, 4) is 0 Å². The van der Waals surface area contributed by atoms with Crippen LogP contribution in [0.1, 0.15) is 29.5 Å².